The molecule has 1 aromatic carbocycles. The number of nitrogens with zero attached hydrogens (tertiary/aromatic N) is 1. The summed E-state index contributed by atoms with van der Waals surface area (Å²) < 4.78 is 36.9. The van der Waals surface area contributed by atoms with E-state index in [4.69, 9.17) is 5.11 Å². The minimum Gasteiger partial charge on any atom is -0.481 e. The molecule has 0 aliphatic rings. The first-order chi connectivity index (χ1) is 9.29. The van der Waals surface area contributed by atoms with Crippen LogP contribution >= 0.6 is 0 Å². The molecule has 0 fully saturated rings. The highest BCUT2D eigenvalue weighted by Gasteiger charge is 2.33. The molecular formula is C13H14F3NO3. The Morgan fingerprint density at radius 2 is 1.75 bits per heavy atom. The van der Waals surface area contributed by atoms with Gasteiger partial charge in [0.2, 0.25) is 5.91 Å². The summed E-state index contributed by atoms with van der Waals surface area (Å²) in [4.78, 5) is 23.1. The first kappa shape index (κ1) is 16.0. The molecule has 0 atom stereocenters. The van der Waals surface area contributed by atoms with E-state index in [1.165, 1.54) is 12.1 Å². The second-order valence-electron chi connectivity index (χ2n) is 4.17. The van der Waals surface area contributed by atoms with Gasteiger partial charge in [0.15, 0.2) is 0 Å². The van der Waals surface area contributed by atoms with E-state index in [-0.39, 0.29) is 19.4 Å². The van der Waals surface area contributed by atoms with Crippen molar-refractivity contribution >= 4 is 17.6 Å². The van der Waals surface area contributed by atoms with Crippen LogP contribution in [0, 0.1) is 0 Å². The van der Waals surface area contributed by atoms with E-state index in [0.717, 1.165) is 4.90 Å². The zero-order valence-corrected chi connectivity index (χ0v) is 10.6. The number of hydrogen-bond acceptors (Lipinski definition) is 2. The van der Waals surface area contributed by atoms with Gasteiger partial charge >= 0.3 is 12.1 Å². The summed E-state index contributed by atoms with van der Waals surface area (Å²) in [6.45, 7) is -0.0643. The van der Waals surface area contributed by atoms with Crippen LogP contribution in [0.1, 0.15) is 19.3 Å². The van der Waals surface area contributed by atoms with E-state index in [0.29, 0.717) is 5.69 Å². The predicted molar refractivity (Wildman–Crippen MR) is 66.3 cm³/mol. The van der Waals surface area contributed by atoms with Gasteiger partial charge in [-0.1, -0.05) is 18.2 Å². The van der Waals surface area contributed by atoms with Crippen molar-refractivity contribution in [3.05, 3.63) is 30.3 Å². The lowest BCUT2D eigenvalue weighted by Crippen LogP contribution is -2.35. The molecule has 0 saturated carbocycles. The number of hydrogen-bond donors (Lipinski definition) is 1. The van der Waals surface area contributed by atoms with E-state index >= 15 is 0 Å². The van der Waals surface area contributed by atoms with Gasteiger partial charge in [0.25, 0.3) is 0 Å². The zero-order valence-electron chi connectivity index (χ0n) is 10.6. The van der Waals surface area contributed by atoms with Crippen LogP contribution < -0.4 is 4.90 Å². The molecule has 7 heteroatoms. The second kappa shape index (κ2) is 6.93. The summed E-state index contributed by atoms with van der Waals surface area (Å²) in [6.07, 6.45) is -6.26. The van der Waals surface area contributed by atoms with Crippen LogP contribution in [0.4, 0.5) is 18.9 Å². The fourth-order valence-electron chi connectivity index (χ4n) is 1.66. The van der Waals surface area contributed by atoms with Crippen LogP contribution in [0.5, 0.6) is 0 Å². The van der Waals surface area contributed by atoms with Crippen molar-refractivity contribution in [2.75, 3.05) is 11.4 Å². The van der Waals surface area contributed by atoms with Gasteiger partial charge in [0.1, 0.15) is 6.42 Å². The standard InChI is InChI=1S/C13H14F3NO3/c14-13(15,16)9-11(18)17(8-4-7-12(19)20)10-5-2-1-3-6-10/h1-3,5-6H,4,7-9H2,(H,19,20). The molecule has 0 aliphatic heterocycles. The number of carboxylic acids is 1. The summed E-state index contributed by atoms with van der Waals surface area (Å²) in [6, 6.07) is 7.89. The Morgan fingerprint density at radius 1 is 1.15 bits per heavy atom. The molecule has 0 radical (unpaired) electrons. The first-order valence-electron chi connectivity index (χ1n) is 5.93. The Morgan fingerprint density at radius 3 is 2.25 bits per heavy atom. The van der Waals surface area contributed by atoms with Gasteiger partial charge in [-0.3, -0.25) is 9.59 Å². The Labute approximate surface area is 113 Å². The lowest BCUT2D eigenvalue weighted by molar-refractivity contribution is -0.152. The molecule has 0 aliphatic carbocycles. The van der Waals surface area contributed by atoms with Gasteiger partial charge in [-0.05, 0) is 18.6 Å². The van der Waals surface area contributed by atoms with Crippen molar-refractivity contribution in [3.8, 4) is 0 Å². The van der Waals surface area contributed by atoms with E-state index in [1.807, 2.05) is 0 Å². The predicted octanol–water partition coefficient (Wildman–Crippen LogP) is 2.84. The van der Waals surface area contributed by atoms with Gasteiger partial charge in [-0.15, -0.1) is 0 Å². The Hall–Kier alpha value is -2.05. The summed E-state index contributed by atoms with van der Waals surface area (Å²) in [5.74, 6) is -2.14. The maximum Gasteiger partial charge on any atom is 0.397 e. The summed E-state index contributed by atoms with van der Waals surface area (Å²) >= 11 is 0. The molecule has 1 amide bonds. The number of amides is 1. The van der Waals surface area contributed by atoms with Gasteiger partial charge < -0.3 is 10.0 Å². The van der Waals surface area contributed by atoms with Crippen molar-refractivity contribution in [3.63, 3.8) is 0 Å². The normalized spacial score (nSPS) is 11.2. The van der Waals surface area contributed by atoms with Crippen molar-refractivity contribution < 1.29 is 27.9 Å². The Bertz CT molecular complexity index is 460. The molecular weight excluding hydrogens is 275 g/mol. The molecule has 1 N–H and O–H groups in total. The number of carboxylic acid groups (broad SMARTS) is 1. The number of carbonyl (C=O) groups excluding carboxylic acids is 1. The number of alkyl halides is 3. The number of anilines is 1. The lowest BCUT2D eigenvalue weighted by Gasteiger charge is -2.23. The quantitative estimate of drug-likeness (QED) is 0.876. The minimum atomic E-state index is -4.59. The smallest absolute Gasteiger partial charge is 0.397 e. The van der Waals surface area contributed by atoms with Gasteiger partial charge in [0, 0.05) is 18.7 Å². The maximum atomic E-state index is 12.3. The molecule has 1 rings (SSSR count). The summed E-state index contributed by atoms with van der Waals surface area (Å²) in [5, 5.41) is 8.54. The lowest BCUT2D eigenvalue weighted by atomic mass is 10.2. The zero-order chi connectivity index (χ0) is 15.2. The van der Waals surface area contributed by atoms with Crippen LogP contribution in [0.15, 0.2) is 30.3 Å². The third-order valence-corrected chi connectivity index (χ3v) is 2.49. The van der Waals surface area contributed by atoms with Gasteiger partial charge in [-0.2, -0.15) is 13.2 Å². The third kappa shape index (κ3) is 5.73. The van der Waals surface area contributed by atoms with Crippen molar-refractivity contribution in [2.24, 2.45) is 0 Å². The maximum absolute atomic E-state index is 12.3. The van der Waals surface area contributed by atoms with Crippen molar-refractivity contribution in [1.29, 1.82) is 0 Å². The van der Waals surface area contributed by atoms with E-state index < -0.39 is 24.5 Å². The number of halogens is 3. The van der Waals surface area contributed by atoms with Crippen LogP contribution in [0.25, 0.3) is 0 Å². The molecule has 0 saturated heterocycles. The molecule has 1 aromatic rings. The summed E-state index contributed by atoms with van der Waals surface area (Å²) in [7, 11) is 0. The molecule has 0 bridgehead atoms. The minimum absolute atomic E-state index is 0.0643. The third-order valence-electron chi connectivity index (χ3n) is 2.49. The first-order valence-corrected chi connectivity index (χ1v) is 5.93. The fourth-order valence-corrected chi connectivity index (χ4v) is 1.66. The molecule has 0 spiro atoms. The topological polar surface area (TPSA) is 57.6 Å². The van der Waals surface area contributed by atoms with Gasteiger partial charge in [-0.25, -0.2) is 0 Å². The molecule has 20 heavy (non-hydrogen) atoms. The number of benzene rings is 1. The van der Waals surface area contributed by atoms with Crippen molar-refractivity contribution in [1.82, 2.24) is 0 Å². The number of carbonyl (C=O) groups is 2. The second-order valence-corrected chi connectivity index (χ2v) is 4.17. The number of rotatable bonds is 6. The van der Waals surface area contributed by atoms with Crippen molar-refractivity contribution in [2.45, 2.75) is 25.4 Å². The monoisotopic (exact) mass is 289 g/mol. The fraction of sp³-hybridized carbons (Fsp3) is 0.385. The highest BCUT2D eigenvalue weighted by atomic mass is 19.4. The van der Waals surface area contributed by atoms with E-state index in [1.54, 1.807) is 18.2 Å². The average molecular weight is 289 g/mol. The molecule has 0 unspecified atom stereocenters. The molecule has 4 nitrogen and oxygen atoms in total. The van der Waals surface area contributed by atoms with E-state index in [2.05, 4.69) is 0 Å². The molecule has 110 valence electrons. The average Bonchev–Trinajstić information content (AvgIpc) is 2.33. The highest BCUT2D eigenvalue weighted by molar-refractivity contribution is 5.93. The van der Waals surface area contributed by atoms with Gasteiger partial charge in [0.05, 0.1) is 0 Å². The van der Waals surface area contributed by atoms with Crippen LogP contribution in [-0.2, 0) is 9.59 Å². The Balaban J connectivity index is 2.79. The SMILES string of the molecule is O=C(O)CCCN(C(=O)CC(F)(F)F)c1ccccc1. The number of para-hydroxylation sites is 1. The van der Waals surface area contributed by atoms with Crippen LogP contribution in [0.3, 0.4) is 0 Å². The Kier molecular flexibility index (Phi) is 5.54. The number of aliphatic carboxylic acids is 1. The highest BCUT2D eigenvalue weighted by Crippen LogP contribution is 2.23. The molecule has 0 heterocycles. The molecule has 0 aromatic heterocycles. The largest absolute Gasteiger partial charge is 0.481 e. The van der Waals surface area contributed by atoms with Crippen LogP contribution in [-0.4, -0.2) is 29.7 Å². The summed E-state index contributed by atoms with van der Waals surface area (Å²) in [5.41, 5.74) is 0.326. The van der Waals surface area contributed by atoms with E-state index in [9.17, 15) is 22.8 Å². The van der Waals surface area contributed by atoms with Crippen LogP contribution in [0.2, 0.25) is 0 Å².